The number of nitrogens with zero attached hydrogens (tertiary/aromatic N) is 1. The fraction of sp³-hybridized carbons (Fsp3) is 0.111. The van der Waals surface area contributed by atoms with E-state index in [0.29, 0.717) is 0 Å². The molecule has 0 aliphatic heterocycles. The van der Waals surface area contributed by atoms with Crippen LogP contribution in [0.2, 0.25) is 10.0 Å². The lowest BCUT2D eigenvalue weighted by atomic mass is 10.1. The first-order chi connectivity index (χ1) is 8.25. The van der Waals surface area contributed by atoms with Crippen molar-refractivity contribution in [3.63, 3.8) is 0 Å². The maximum atomic E-state index is 11.4. The molecule has 80 valence electrons. The van der Waals surface area contributed by atoms with Crippen LogP contribution in [0.25, 0.3) is 0 Å². The molecule has 1 rings (SSSR count). The van der Waals surface area contributed by atoms with E-state index < -0.39 is 17.9 Å². The number of carbonyl (C=O) groups is 1. The van der Waals surface area contributed by atoms with Gasteiger partial charge < -0.3 is 11.5 Å². The number of benzene rings is 1. The van der Waals surface area contributed by atoms with Gasteiger partial charge in [0.1, 0.15) is 0 Å². The molecule has 0 unspecified atom stereocenters. The van der Waals surface area contributed by atoms with Gasteiger partial charge in [-0.15, -0.1) is 0 Å². The summed E-state index contributed by atoms with van der Waals surface area (Å²) in [5.74, 6) is -1.10. The van der Waals surface area contributed by atoms with E-state index in [1.165, 1.54) is 0 Å². The van der Waals surface area contributed by atoms with E-state index in [4.69, 9.17) is 38.8 Å². The van der Waals surface area contributed by atoms with Crippen LogP contribution in [0.5, 0.6) is 0 Å². The first-order valence-corrected chi connectivity index (χ1v) is 4.57. The highest BCUT2D eigenvalue weighted by Gasteiger charge is 2.09. The second-order valence-electron chi connectivity index (χ2n) is 2.59. The summed E-state index contributed by atoms with van der Waals surface area (Å²) in [6.07, 6.45) is -0.340. The standard InChI is InChI=1S/C9H9Cl2N3O/c10-6-2-1-3-7(11)5(6)4-8(15)14-9(12)13/h1-3H,4H2,(H4,12,13,14,15)/i1D,2D,3D. The number of rotatable bonds is 2. The van der Waals surface area contributed by atoms with Gasteiger partial charge in [-0.05, 0) is 17.6 Å². The molecule has 0 radical (unpaired) electrons. The molecule has 0 spiro atoms. The smallest absolute Gasteiger partial charge is 0.253 e. The average Bonchev–Trinajstić information content (AvgIpc) is 2.29. The molecule has 0 bridgehead atoms. The fourth-order valence-electron chi connectivity index (χ4n) is 0.878. The van der Waals surface area contributed by atoms with E-state index >= 15 is 0 Å². The molecule has 1 aromatic rings. The van der Waals surface area contributed by atoms with Crippen LogP contribution in [0.1, 0.15) is 9.68 Å². The summed E-state index contributed by atoms with van der Waals surface area (Å²) in [5.41, 5.74) is 10.2. The Kier molecular flexibility index (Phi) is 2.65. The van der Waals surface area contributed by atoms with Gasteiger partial charge in [0.05, 0.1) is 10.5 Å². The lowest BCUT2D eigenvalue weighted by Gasteiger charge is -2.03. The predicted octanol–water partition coefficient (Wildman–Crippen LogP) is 1.34. The molecule has 4 nitrogen and oxygen atoms in total. The third-order valence-electron chi connectivity index (χ3n) is 1.46. The van der Waals surface area contributed by atoms with Gasteiger partial charge in [-0.2, -0.15) is 4.99 Å². The van der Waals surface area contributed by atoms with Crippen molar-refractivity contribution in [3.8, 4) is 0 Å². The molecule has 0 aliphatic carbocycles. The van der Waals surface area contributed by atoms with Gasteiger partial charge in [-0.1, -0.05) is 29.2 Å². The molecule has 0 aliphatic rings. The van der Waals surface area contributed by atoms with Crippen molar-refractivity contribution in [2.45, 2.75) is 6.42 Å². The molecule has 0 atom stereocenters. The predicted molar refractivity (Wildman–Crippen MR) is 61.0 cm³/mol. The van der Waals surface area contributed by atoms with E-state index in [9.17, 15) is 4.79 Å². The zero-order valence-corrected chi connectivity index (χ0v) is 8.99. The van der Waals surface area contributed by atoms with Crippen molar-refractivity contribution in [1.29, 1.82) is 0 Å². The van der Waals surface area contributed by atoms with Crippen molar-refractivity contribution in [1.82, 2.24) is 0 Å². The molecular formula is C9H9Cl2N3O. The second kappa shape index (κ2) is 5.00. The van der Waals surface area contributed by atoms with Crippen LogP contribution in [-0.4, -0.2) is 11.9 Å². The summed E-state index contributed by atoms with van der Waals surface area (Å²) >= 11 is 11.6. The van der Waals surface area contributed by atoms with Crippen LogP contribution in [-0.2, 0) is 11.2 Å². The van der Waals surface area contributed by atoms with Gasteiger partial charge in [-0.3, -0.25) is 4.79 Å². The molecule has 6 heteroatoms. The zero-order chi connectivity index (χ0) is 14.0. The Morgan fingerprint density at radius 1 is 1.40 bits per heavy atom. The van der Waals surface area contributed by atoms with Crippen molar-refractivity contribution in [2.75, 3.05) is 0 Å². The Hall–Kier alpha value is -1.26. The van der Waals surface area contributed by atoms with Crippen LogP contribution in [0.3, 0.4) is 0 Å². The van der Waals surface area contributed by atoms with E-state index in [-0.39, 0.29) is 34.1 Å². The average molecular weight is 249 g/mol. The number of nitrogens with two attached hydrogens (primary N) is 2. The number of hydrogen-bond donors (Lipinski definition) is 2. The fourth-order valence-corrected chi connectivity index (χ4v) is 1.34. The Bertz CT molecular complexity index is 515. The molecule has 0 saturated carbocycles. The molecule has 0 heterocycles. The normalized spacial score (nSPS) is 12.5. The summed E-state index contributed by atoms with van der Waals surface area (Å²) < 4.78 is 22.4. The lowest BCUT2D eigenvalue weighted by Crippen LogP contribution is -2.24. The number of halogens is 2. The molecule has 1 aromatic carbocycles. The Morgan fingerprint density at radius 2 is 1.93 bits per heavy atom. The van der Waals surface area contributed by atoms with Crippen LogP contribution >= 0.6 is 23.2 Å². The minimum atomic E-state index is -0.699. The van der Waals surface area contributed by atoms with Gasteiger partial charge in [0.15, 0.2) is 5.96 Å². The monoisotopic (exact) mass is 248 g/mol. The van der Waals surface area contributed by atoms with E-state index in [2.05, 4.69) is 4.99 Å². The zero-order valence-electron chi connectivity index (χ0n) is 10.5. The molecule has 0 aromatic heterocycles. The van der Waals surface area contributed by atoms with E-state index in [1.807, 2.05) is 0 Å². The maximum Gasteiger partial charge on any atom is 0.253 e. The van der Waals surface area contributed by atoms with Crippen molar-refractivity contribution in [2.24, 2.45) is 16.5 Å². The molecule has 0 fully saturated rings. The molecule has 0 saturated heterocycles. The Labute approximate surface area is 101 Å². The third kappa shape index (κ3) is 3.42. The highest BCUT2D eigenvalue weighted by atomic mass is 35.5. The third-order valence-corrected chi connectivity index (χ3v) is 2.10. The minimum absolute atomic E-state index is 0.0688. The minimum Gasteiger partial charge on any atom is -0.370 e. The molecule has 1 amide bonds. The summed E-state index contributed by atoms with van der Waals surface area (Å²) in [4.78, 5) is 14.7. The highest BCUT2D eigenvalue weighted by molar-refractivity contribution is 6.36. The van der Waals surface area contributed by atoms with Gasteiger partial charge in [-0.25, -0.2) is 0 Å². The molecule has 15 heavy (non-hydrogen) atoms. The van der Waals surface area contributed by atoms with Gasteiger partial charge in [0.25, 0.3) is 5.91 Å². The van der Waals surface area contributed by atoms with Crippen molar-refractivity contribution < 1.29 is 8.91 Å². The SMILES string of the molecule is [2H]c1c([2H])c(Cl)c(CC(=O)N=C(N)N)c(Cl)c1[2H]. The Balaban J connectivity index is 3.26. The first-order valence-electron chi connectivity index (χ1n) is 5.31. The van der Waals surface area contributed by atoms with Crippen LogP contribution in [0.15, 0.2) is 23.1 Å². The summed E-state index contributed by atoms with van der Waals surface area (Å²) in [5, 5.41) is -0.305. The van der Waals surface area contributed by atoms with Gasteiger partial charge in [0.2, 0.25) is 0 Å². The quantitative estimate of drug-likeness (QED) is 0.612. The van der Waals surface area contributed by atoms with Crippen LogP contribution in [0, 0.1) is 0 Å². The van der Waals surface area contributed by atoms with E-state index in [0.717, 1.165) is 0 Å². The lowest BCUT2D eigenvalue weighted by molar-refractivity contribution is -0.117. The van der Waals surface area contributed by atoms with Crippen molar-refractivity contribution >= 4 is 35.1 Å². The largest absolute Gasteiger partial charge is 0.370 e. The molecule has 4 N–H and O–H groups in total. The summed E-state index contributed by atoms with van der Waals surface area (Å²) in [6, 6.07) is -1.12. The number of hydrogen-bond acceptors (Lipinski definition) is 1. The van der Waals surface area contributed by atoms with Gasteiger partial charge >= 0.3 is 0 Å². The second-order valence-corrected chi connectivity index (χ2v) is 3.34. The number of amides is 1. The van der Waals surface area contributed by atoms with Crippen LogP contribution < -0.4 is 11.5 Å². The molecular weight excluding hydrogens is 237 g/mol. The van der Waals surface area contributed by atoms with Crippen molar-refractivity contribution in [3.05, 3.63) is 33.7 Å². The van der Waals surface area contributed by atoms with Crippen LogP contribution in [0.4, 0.5) is 0 Å². The topological polar surface area (TPSA) is 81.5 Å². The number of guanidine groups is 1. The number of carbonyl (C=O) groups excluding carboxylic acids is 1. The Morgan fingerprint density at radius 3 is 2.40 bits per heavy atom. The first kappa shape index (κ1) is 7.96. The maximum absolute atomic E-state index is 11.4. The number of aliphatic imine (C=N–C) groups is 1. The van der Waals surface area contributed by atoms with Gasteiger partial charge in [0, 0.05) is 10.0 Å². The highest BCUT2D eigenvalue weighted by Crippen LogP contribution is 2.24. The van der Waals surface area contributed by atoms with E-state index in [1.54, 1.807) is 0 Å². The summed E-state index contributed by atoms with van der Waals surface area (Å²) in [7, 11) is 0. The summed E-state index contributed by atoms with van der Waals surface area (Å²) in [6.45, 7) is 0.